The number of nitrogens with zero attached hydrogens (tertiary/aromatic N) is 1. The fourth-order valence-electron chi connectivity index (χ4n) is 1.76. The number of hydrogen-bond donors (Lipinski definition) is 1. The monoisotopic (exact) mass is 274 g/mol. The minimum Gasteiger partial charge on any atom is -0.384 e. The van der Waals surface area contributed by atoms with E-state index < -0.39 is 0 Å². The van der Waals surface area contributed by atoms with Crippen molar-refractivity contribution in [3.05, 3.63) is 64.4 Å². The summed E-state index contributed by atoms with van der Waals surface area (Å²) in [4.78, 5) is 0. The lowest BCUT2D eigenvalue weighted by Gasteiger charge is -2.08. The molecule has 4 heteroatoms. The highest BCUT2D eigenvalue weighted by Crippen LogP contribution is 2.22. The van der Waals surface area contributed by atoms with Gasteiger partial charge in [-0.15, -0.1) is 0 Å². The first-order valence-electron chi connectivity index (χ1n) is 5.87. The zero-order chi connectivity index (χ0) is 13.7. The van der Waals surface area contributed by atoms with E-state index in [2.05, 4.69) is 5.32 Å². The standard InChI is InChI=1S/C15H12ClFN2/c16-14-9-12(10-18)4-5-15(14)19-7-6-11-2-1-3-13(17)8-11/h1-5,8-9,19H,6-7H2. The van der Waals surface area contributed by atoms with Crippen LogP contribution < -0.4 is 5.32 Å². The van der Waals surface area contributed by atoms with Crippen molar-refractivity contribution in [1.29, 1.82) is 5.26 Å². The van der Waals surface area contributed by atoms with Crippen molar-refractivity contribution < 1.29 is 4.39 Å². The Balaban J connectivity index is 1.94. The molecule has 1 N–H and O–H groups in total. The van der Waals surface area contributed by atoms with Gasteiger partial charge in [-0.25, -0.2) is 4.39 Å². The van der Waals surface area contributed by atoms with Gasteiger partial charge in [0.15, 0.2) is 0 Å². The van der Waals surface area contributed by atoms with Gasteiger partial charge in [0.05, 0.1) is 22.3 Å². The van der Waals surface area contributed by atoms with Crippen molar-refractivity contribution in [2.24, 2.45) is 0 Å². The summed E-state index contributed by atoms with van der Waals surface area (Å²) in [6.07, 6.45) is 0.702. The number of halogens is 2. The third-order valence-electron chi connectivity index (χ3n) is 2.72. The van der Waals surface area contributed by atoms with Crippen molar-refractivity contribution in [2.75, 3.05) is 11.9 Å². The molecule has 0 radical (unpaired) electrons. The minimum atomic E-state index is -0.228. The van der Waals surface area contributed by atoms with Gasteiger partial charge in [-0.1, -0.05) is 23.7 Å². The van der Waals surface area contributed by atoms with E-state index in [4.69, 9.17) is 16.9 Å². The van der Waals surface area contributed by atoms with Crippen molar-refractivity contribution in [3.63, 3.8) is 0 Å². The molecule has 0 unspecified atom stereocenters. The third-order valence-corrected chi connectivity index (χ3v) is 3.03. The maximum Gasteiger partial charge on any atom is 0.123 e. The Morgan fingerprint density at radius 1 is 1.21 bits per heavy atom. The van der Waals surface area contributed by atoms with E-state index in [1.165, 1.54) is 12.1 Å². The van der Waals surface area contributed by atoms with Gasteiger partial charge in [-0.2, -0.15) is 5.26 Å². The summed E-state index contributed by atoms with van der Waals surface area (Å²) in [5.74, 6) is -0.228. The van der Waals surface area contributed by atoms with Gasteiger partial charge in [0.1, 0.15) is 5.82 Å². The summed E-state index contributed by atoms with van der Waals surface area (Å²) in [5, 5.41) is 12.4. The summed E-state index contributed by atoms with van der Waals surface area (Å²) >= 11 is 6.04. The molecule has 0 spiro atoms. The molecule has 2 aromatic carbocycles. The number of nitrogens with one attached hydrogen (secondary N) is 1. The topological polar surface area (TPSA) is 35.8 Å². The lowest BCUT2D eigenvalue weighted by molar-refractivity contribution is 0.625. The number of anilines is 1. The number of rotatable bonds is 4. The molecular formula is C15H12ClFN2. The molecule has 0 aliphatic carbocycles. The molecule has 0 amide bonds. The summed E-state index contributed by atoms with van der Waals surface area (Å²) in [6, 6.07) is 13.6. The second-order valence-electron chi connectivity index (χ2n) is 4.11. The van der Waals surface area contributed by atoms with Crippen LogP contribution in [0, 0.1) is 17.1 Å². The van der Waals surface area contributed by atoms with E-state index in [1.54, 1.807) is 24.3 Å². The van der Waals surface area contributed by atoms with Crippen LogP contribution in [0.4, 0.5) is 10.1 Å². The molecule has 2 aromatic rings. The zero-order valence-corrected chi connectivity index (χ0v) is 10.9. The first kappa shape index (κ1) is 13.4. The molecule has 2 rings (SSSR count). The second-order valence-corrected chi connectivity index (χ2v) is 4.52. The molecule has 0 bridgehead atoms. The van der Waals surface area contributed by atoms with Crippen LogP contribution in [-0.2, 0) is 6.42 Å². The van der Waals surface area contributed by atoms with Crippen LogP contribution >= 0.6 is 11.6 Å². The number of nitriles is 1. The second kappa shape index (κ2) is 6.21. The summed E-state index contributed by atoms with van der Waals surface area (Å²) in [7, 11) is 0. The van der Waals surface area contributed by atoms with Crippen LogP contribution in [0.1, 0.15) is 11.1 Å². The predicted molar refractivity (Wildman–Crippen MR) is 74.8 cm³/mol. The average molecular weight is 275 g/mol. The molecule has 0 fully saturated rings. The van der Waals surface area contributed by atoms with Gasteiger partial charge in [-0.3, -0.25) is 0 Å². The van der Waals surface area contributed by atoms with Gasteiger partial charge in [0.25, 0.3) is 0 Å². The van der Waals surface area contributed by atoms with Crippen LogP contribution in [0.2, 0.25) is 5.02 Å². The Hall–Kier alpha value is -2.05. The van der Waals surface area contributed by atoms with Crippen LogP contribution in [0.3, 0.4) is 0 Å². The Morgan fingerprint density at radius 3 is 2.74 bits per heavy atom. The van der Waals surface area contributed by atoms with E-state index in [-0.39, 0.29) is 5.82 Å². The summed E-state index contributed by atoms with van der Waals surface area (Å²) in [5.41, 5.74) is 2.23. The molecule has 0 heterocycles. The van der Waals surface area contributed by atoms with Gasteiger partial charge >= 0.3 is 0 Å². The van der Waals surface area contributed by atoms with Crippen LogP contribution in [-0.4, -0.2) is 6.54 Å². The van der Waals surface area contributed by atoms with Gasteiger partial charge in [0, 0.05) is 6.54 Å². The van der Waals surface area contributed by atoms with Crippen LogP contribution in [0.25, 0.3) is 0 Å². The Labute approximate surface area is 116 Å². The highest BCUT2D eigenvalue weighted by atomic mass is 35.5. The van der Waals surface area contributed by atoms with E-state index in [1.807, 2.05) is 12.1 Å². The smallest absolute Gasteiger partial charge is 0.123 e. The molecule has 0 aromatic heterocycles. The molecule has 0 saturated carbocycles. The van der Waals surface area contributed by atoms with Gasteiger partial charge in [0.2, 0.25) is 0 Å². The number of benzene rings is 2. The van der Waals surface area contributed by atoms with Crippen molar-refractivity contribution in [3.8, 4) is 6.07 Å². The SMILES string of the molecule is N#Cc1ccc(NCCc2cccc(F)c2)c(Cl)c1. The fourth-order valence-corrected chi connectivity index (χ4v) is 2.01. The molecule has 0 aliphatic heterocycles. The van der Waals surface area contributed by atoms with Gasteiger partial charge < -0.3 is 5.32 Å². The highest BCUT2D eigenvalue weighted by molar-refractivity contribution is 6.33. The fraction of sp³-hybridized carbons (Fsp3) is 0.133. The van der Waals surface area contributed by atoms with Crippen molar-refractivity contribution in [1.82, 2.24) is 0 Å². The average Bonchev–Trinajstić information content (AvgIpc) is 2.40. The Morgan fingerprint density at radius 2 is 2.05 bits per heavy atom. The predicted octanol–water partition coefficient (Wildman–Crippen LogP) is 4.01. The van der Waals surface area contributed by atoms with E-state index in [9.17, 15) is 4.39 Å². The maximum absolute atomic E-state index is 13.0. The maximum atomic E-state index is 13.0. The van der Waals surface area contributed by atoms with Crippen molar-refractivity contribution in [2.45, 2.75) is 6.42 Å². The Bertz CT molecular complexity index is 620. The molecule has 0 atom stereocenters. The molecule has 0 saturated heterocycles. The lowest BCUT2D eigenvalue weighted by Crippen LogP contribution is -2.05. The number of hydrogen-bond acceptors (Lipinski definition) is 2. The van der Waals surface area contributed by atoms with Crippen molar-refractivity contribution >= 4 is 17.3 Å². The van der Waals surface area contributed by atoms with E-state index in [0.717, 1.165) is 11.3 Å². The quantitative estimate of drug-likeness (QED) is 0.914. The Kier molecular flexibility index (Phi) is 4.38. The minimum absolute atomic E-state index is 0.228. The van der Waals surface area contributed by atoms with Crippen LogP contribution in [0.5, 0.6) is 0 Å². The molecule has 2 nitrogen and oxygen atoms in total. The van der Waals surface area contributed by atoms with E-state index in [0.29, 0.717) is 23.6 Å². The molecular weight excluding hydrogens is 263 g/mol. The first-order chi connectivity index (χ1) is 9.19. The lowest BCUT2D eigenvalue weighted by atomic mass is 10.1. The normalized spacial score (nSPS) is 9.95. The van der Waals surface area contributed by atoms with E-state index >= 15 is 0 Å². The summed E-state index contributed by atoms with van der Waals surface area (Å²) in [6.45, 7) is 0.648. The summed E-state index contributed by atoms with van der Waals surface area (Å²) < 4.78 is 13.0. The first-order valence-corrected chi connectivity index (χ1v) is 6.25. The van der Waals surface area contributed by atoms with Gasteiger partial charge in [-0.05, 0) is 42.3 Å². The van der Waals surface area contributed by atoms with Crippen LogP contribution in [0.15, 0.2) is 42.5 Å². The molecule has 0 aliphatic rings. The molecule has 19 heavy (non-hydrogen) atoms. The molecule has 96 valence electrons. The largest absolute Gasteiger partial charge is 0.384 e. The highest BCUT2D eigenvalue weighted by Gasteiger charge is 2.01. The third kappa shape index (κ3) is 3.70. The zero-order valence-electron chi connectivity index (χ0n) is 10.2.